The Morgan fingerprint density at radius 1 is 1.17 bits per heavy atom. The number of hydrogen-bond donors (Lipinski definition) is 0. The van der Waals surface area contributed by atoms with Gasteiger partial charge in [0.1, 0.15) is 0 Å². The van der Waals surface area contributed by atoms with Gasteiger partial charge in [0.25, 0.3) is 0 Å². The van der Waals surface area contributed by atoms with Crippen LogP contribution in [0.25, 0.3) is 10.8 Å². The first-order chi connectivity index (χ1) is 8.72. The zero-order chi connectivity index (χ0) is 13.0. The van der Waals surface area contributed by atoms with Gasteiger partial charge in [-0.2, -0.15) is 5.26 Å². The molecule has 1 atom stereocenters. The summed E-state index contributed by atoms with van der Waals surface area (Å²) in [7, 11) is 2.07. The minimum absolute atomic E-state index is 0.286. The van der Waals surface area contributed by atoms with Gasteiger partial charge in [-0.15, -0.1) is 0 Å². The summed E-state index contributed by atoms with van der Waals surface area (Å²) in [5.41, 5.74) is 1.32. The van der Waals surface area contributed by atoms with Crippen molar-refractivity contribution < 1.29 is 0 Å². The minimum atomic E-state index is 0.286. The first-order valence-electron chi connectivity index (χ1n) is 6.26. The number of fused-ring (bicyclic) bond motifs is 1. The second-order valence-corrected chi connectivity index (χ2v) is 4.76. The Hall–Kier alpha value is -1.85. The van der Waals surface area contributed by atoms with Crippen LogP contribution >= 0.6 is 0 Å². The van der Waals surface area contributed by atoms with Crippen molar-refractivity contribution in [1.82, 2.24) is 4.90 Å². The lowest BCUT2D eigenvalue weighted by atomic mass is 10.0. The van der Waals surface area contributed by atoms with Crippen LogP contribution in [0.5, 0.6) is 0 Å². The number of hydrogen-bond acceptors (Lipinski definition) is 2. The van der Waals surface area contributed by atoms with Crippen LogP contribution in [0.4, 0.5) is 0 Å². The molecule has 0 bridgehead atoms. The van der Waals surface area contributed by atoms with Gasteiger partial charge in [-0.3, -0.25) is 4.90 Å². The van der Waals surface area contributed by atoms with E-state index in [0.717, 1.165) is 6.54 Å². The Bertz CT molecular complexity index is 563. The first kappa shape index (κ1) is 12.6. The first-order valence-corrected chi connectivity index (χ1v) is 6.26. The van der Waals surface area contributed by atoms with Gasteiger partial charge in [-0.25, -0.2) is 0 Å². The van der Waals surface area contributed by atoms with Crippen molar-refractivity contribution >= 4 is 10.8 Å². The fourth-order valence-corrected chi connectivity index (χ4v) is 2.14. The Morgan fingerprint density at radius 2 is 1.89 bits per heavy atom. The van der Waals surface area contributed by atoms with E-state index in [-0.39, 0.29) is 6.04 Å². The molecule has 0 fully saturated rings. The molecule has 0 heterocycles. The minimum Gasteiger partial charge on any atom is -0.298 e. The van der Waals surface area contributed by atoms with Gasteiger partial charge < -0.3 is 0 Å². The molecule has 2 nitrogen and oxygen atoms in total. The van der Waals surface area contributed by atoms with Gasteiger partial charge in [-0.05, 0) is 30.3 Å². The molecule has 2 aromatic rings. The van der Waals surface area contributed by atoms with Gasteiger partial charge in [0, 0.05) is 12.6 Å². The quantitative estimate of drug-likeness (QED) is 0.814. The average Bonchev–Trinajstić information content (AvgIpc) is 2.39. The van der Waals surface area contributed by atoms with Crippen LogP contribution in [-0.2, 0) is 6.54 Å². The van der Waals surface area contributed by atoms with Crippen molar-refractivity contribution in [3.63, 3.8) is 0 Å². The van der Waals surface area contributed by atoms with Crippen LogP contribution < -0.4 is 0 Å². The fraction of sp³-hybridized carbons (Fsp3) is 0.312. The molecule has 0 saturated carbocycles. The lowest BCUT2D eigenvalue weighted by Crippen LogP contribution is -2.28. The Balaban J connectivity index is 2.24. The lowest BCUT2D eigenvalue weighted by molar-refractivity contribution is 0.253. The molecule has 0 amide bonds. The Labute approximate surface area is 108 Å². The highest BCUT2D eigenvalue weighted by atomic mass is 15.1. The summed E-state index contributed by atoms with van der Waals surface area (Å²) in [4.78, 5) is 2.23. The molecule has 0 aliphatic heterocycles. The van der Waals surface area contributed by atoms with Gasteiger partial charge >= 0.3 is 0 Å². The normalized spacial score (nSPS) is 12.6. The van der Waals surface area contributed by atoms with Crippen molar-refractivity contribution in [2.75, 3.05) is 7.05 Å². The molecule has 0 radical (unpaired) electrons. The molecule has 2 aromatic carbocycles. The number of rotatable bonds is 4. The van der Waals surface area contributed by atoms with E-state index in [0.29, 0.717) is 6.42 Å². The smallest absolute Gasteiger partial charge is 0.0638 e. The molecule has 18 heavy (non-hydrogen) atoms. The third kappa shape index (κ3) is 2.69. The highest BCUT2D eigenvalue weighted by molar-refractivity contribution is 5.85. The van der Waals surface area contributed by atoms with Crippen molar-refractivity contribution in [2.24, 2.45) is 0 Å². The molecule has 0 aliphatic carbocycles. The van der Waals surface area contributed by atoms with E-state index in [1.165, 1.54) is 16.3 Å². The van der Waals surface area contributed by atoms with E-state index in [2.05, 4.69) is 67.4 Å². The number of nitrogens with zero attached hydrogens (tertiary/aromatic N) is 2. The van der Waals surface area contributed by atoms with Crippen molar-refractivity contribution in [1.29, 1.82) is 5.26 Å². The predicted molar refractivity (Wildman–Crippen MR) is 75.1 cm³/mol. The van der Waals surface area contributed by atoms with Gasteiger partial charge in [-0.1, -0.05) is 42.5 Å². The third-order valence-corrected chi connectivity index (χ3v) is 3.44. The highest BCUT2D eigenvalue weighted by Gasteiger charge is 2.10. The molecular formula is C16H18N2. The van der Waals surface area contributed by atoms with Crippen molar-refractivity contribution in [3.05, 3.63) is 48.0 Å². The van der Waals surface area contributed by atoms with E-state index in [1.54, 1.807) is 0 Å². The predicted octanol–water partition coefficient (Wildman–Crippen LogP) is 3.57. The summed E-state index contributed by atoms with van der Waals surface area (Å²) < 4.78 is 0. The Kier molecular flexibility index (Phi) is 3.96. The molecule has 0 N–H and O–H groups in total. The molecule has 0 spiro atoms. The second kappa shape index (κ2) is 5.66. The number of benzene rings is 2. The maximum atomic E-state index is 8.75. The van der Waals surface area contributed by atoms with E-state index in [4.69, 9.17) is 5.26 Å². The van der Waals surface area contributed by atoms with Crippen molar-refractivity contribution in [3.8, 4) is 6.07 Å². The summed E-state index contributed by atoms with van der Waals surface area (Å²) in [6.45, 7) is 2.97. The summed E-state index contributed by atoms with van der Waals surface area (Å²) in [5.74, 6) is 0. The summed E-state index contributed by atoms with van der Waals surface area (Å²) in [6.07, 6.45) is 0.571. The molecule has 0 aromatic heterocycles. The standard InChI is InChI=1S/C16H18N2/c1-13(10-11-17)18(2)12-15-8-5-7-14-6-3-4-9-16(14)15/h3-9,13H,10,12H2,1-2H3. The topological polar surface area (TPSA) is 27.0 Å². The molecule has 1 unspecified atom stereocenters. The highest BCUT2D eigenvalue weighted by Crippen LogP contribution is 2.20. The van der Waals surface area contributed by atoms with Crippen LogP contribution in [0.3, 0.4) is 0 Å². The lowest BCUT2D eigenvalue weighted by Gasteiger charge is -2.23. The third-order valence-electron chi connectivity index (χ3n) is 3.44. The van der Waals surface area contributed by atoms with E-state index in [9.17, 15) is 0 Å². The van der Waals surface area contributed by atoms with Crippen LogP contribution in [0.1, 0.15) is 18.9 Å². The summed E-state index contributed by atoms with van der Waals surface area (Å²) in [6, 6.07) is 17.3. The number of nitriles is 1. The summed E-state index contributed by atoms with van der Waals surface area (Å²) >= 11 is 0. The van der Waals surface area contributed by atoms with Crippen LogP contribution in [0.2, 0.25) is 0 Å². The van der Waals surface area contributed by atoms with Crippen LogP contribution in [-0.4, -0.2) is 18.0 Å². The molecule has 2 rings (SSSR count). The largest absolute Gasteiger partial charge is 0.298 e. The van der Waals surface area contributed by atoms with E-state index in [1.807, 2.05) is 0 Å². The molecule has 92 valence electrons. The average molecular weight is 238 g/mol. The Morgan fingerprint density at radius 3 is 2.67 bits per heavy atom. The molecule has 0 saturated heterocycles. The van der Waals surface area contributed by atoms with Crippen LogP contribution in [0, 0.1) is 11.3 Å². The molecule has 0 aliphatic rings. The maximum Gasteiger partial charge on any atom is 0.0638 e. The van der Waals surface area contributed by atoms with Gasteiger partial charge in [0.15, 0.2) is 0 Å². The van der Waals surface area contributed by atoms with E-state index >= 15 is 0 Å². The fourth-order valence-electron chi connectivity index (χ4n) is 2.14. The van der Waals surface area contributed by atoms with Gasteiger partial charge in [0.2, 0.25) is 0 Å². The SMILES string of the molecule is CC(CC#N)N(C)Cc1cccc2ccccc12. The van der Waals surface area contributed by atoms with Crippen molar-refractivity contribution in [2.45, 2.75) is 25.9 Å². The molecule has 2 heteroatoms. The summed E-state index contributed by atoms with van der Waals surface area (Å²) in [5, 5.41) is 11.3. The second-order valence-electron chi connectivity index (χ2n) is 4.76. The maximum absolute atomic E-state index is 8.75. The molecular weight excluding hydrogens is 220 g/mol. The van der Waals surface area contributed by atoms with Crippen LogP contribution in [0.15, 0.2) is 42.5 Å². The zero-order valence-corrected chi connectivity index (χ0v) is 10.9. The van der Waals surface area contributed by atoms with E-state index < -0.39 is 0 Å². The van der Waals surface area contributed by atoms with Gasteiger partial charge in [0.05, 0.1) is 12.5 Å². The zero-order valence-electron chi connectivity index (χ0n) is 10.9. The monoisotopic (exact) mass is 238 g/mol.